The van der Waals surface area contributed by atoms with Gasteiger partial charge in [-0.1, -0.05) is 23.7 Å². The van der Waals surface area contributed by atoms with Crippen LogP contribution in [0.4, 0.5) is 4.39 Å². The fourth-order valence-corrected chi connectivity index (χ4v) is 5.41. The Balaban J connectivity index is 1.21. The number of pyridine rings is 1. The van der Waals surface area contributed by atoms with E-state index in [1.54, 1.807) is 19.2 Å². The van der Waals surface area contributed by atoms with Crippen molar-refractivity contribution in [2.45, 2.75) is 51.3 Å². The molecule has 0 atom stereocenters. The molecule has 0 amide bonds. The largest absolute Gasteiger partial charge is 0.495 e. The van der Waals surface area contributed by atoms with E-state index in [1.165, 1.54) is 30.5 Å². The van der Waals surface area contributed by atoms with Gasteiger partial charge in [0, 0.05) is 30.5 Å². The van der Waals surface area contributed by atoms with Crippen molar-refractivity contribution in [3.8, 4) is 17.0 Å². The summed E-state index contributed by atoms with van der Waals surface area (Å²) in [6.45, 7) is 0.662. The zero-order chi connectivity index (χ0) is 25.1. The Kier molecular flexibility index (Phi) is 7.56. The molecule has 0 spiro atoms. The maximum Gasteiger partial charge on any atom is 0.137 e. The lowest BCUT2D eigenvalue weighted by atomic mass is 9.82. The van der Waals surface area contributed by atoms with Gasteiger partial charge in [0.1, 0.15) is 17.2 Å². The molecule has 188 valence electrons. The Morgan fingerprint density at radius 3 is 2.58 bits per heavy atom. The second-order valence-corrected chi connectivity index (χ2v) is 10.1. The molecule has 2 aromatic carbocycles. The molecule has 36 heavy (non-hydrogen) atoms. The van der Waals surface area contributed by atoms with Crippen LogP contribution >= 0.6 is 11.6 Å². The second kappa shape index (κ2) is 11.0. The van der Waals surface area contributed by atoms with Gasteiger partial charge in [-0.15, -0.1) is 0 Å². The highest BCUT2D eigenvalue weighted by atomic mass is 35.5. The van der Waals surface area contributed by atoms with E-state index >= 15 is 0 Å². The number of imidazole rings is 1. The molecule has 0 bridgehead atoms. The minimum atomic E-state index is -0.191. The minimum Gasteiger partial charge on any atom is -0.495 e. The summed E-state index contributed by atoms with van der Waals surface area (Å²) in [5, 5.41) is 14.0. The monoisotopic (exact) mass is 507 g/mol. The van der Waals surface area contributed by atoms with Crippen LogP contribution in [0.15, 0.2) is 60.9 Å². The molecule has 1 fully saturated rings. The lowest BCUT2D eigenvalue weighted by Crippen LogP contribution is -2.33. The van der Waals surface area contributed by atoms with Gasteiger partial charge in [-0.05, 0) is 91.1 Å². The summed E-state index contributed by atoms with van der Waals surface area (Å²) in [6.07, 6.45) is 9.76. The highest BCUT2D eigenvalue weighted by molar-refractivity contribution is 6.32. The van der Waals surface area contributed by atoms with Gasteiger partial charge in [0.05, 0.1) is 24.4 Å². The topological polar surface area (TPSA) is 58.8 Å². The SMILES string of the molecule is COc1cc(CO)c(-c2cn3ccc(CC4CCC(NCc5ccc(F)cc5)CC4)cc3n2)cc1Cl. The summed E-state index contributed by atoms with van der Waals surface area (Å²) < 4.78 is 20.4. The Labute approximate surface area is 215 Å². The molecular weight excluding hydrogens is 477 g/mol. The predicted octanol–water partition coefficient (Wildman–Crippen LogP) is 6.19. The van der Waals surface area contributed by atoms with Crippen molar-refractivity contribution in [3.05, 3.63) is 88.5 Å². The highest BCUT2D eigenvalue weighted by Crippen LogP contribution is 2.34. The van der Waals surface area contributed by atoms with Crippen molar-refractivity contribution in [3.63, 3.8) is 0 Å². The van der Waals surface area contributed by atoms with Crippen LogP contribution in [0.25, 0.3) is 16.9 Å². The number of aromatic nitrogens is 2. The second-order valence-electron chi connectivity index (χ2n) is 9.66. The number of aliphatic hydroxyl groups is 1. The number of nitrogens with one attached hydrogen (secondary N) is 1. The summed E-state index contributed by atoms with van der Waals surface area (Å²) in [5.41, 5.74) is 5.59. The van der Waals surface area contributed by atoms with Crippen LogP contribution in [0.3, 0.4) is 0 Å². The normalized spacial score (nSPS) is 18.0. The van der Waals surface area contributed by atoms with Crippen LogP contribution < -0.4 is 10.1 Å². The maximum atomic E-state index is 13.1. The average molecular weight is 508 g/mol. The molecule has 1 saturated carbocycles. The maximum absolute atomic E-state index is 13.1. The van der Waals surface area contributed by atoms with Gasteiger partial charge < -0.3 is 19.6 Å². The number of hydrogen-bond acceptors (Lipinski definition) is 4. The van der Waals surface area contributed by atoms with E-state index in [0.29, 0.717) is 22.7 Å². The van der Waals surface area contributed by atoms with Gasteiger partial charge >= 0.3 is 0 Å². The fraction of sp³-hybridized carbons (Fsp3) is 0.345. The minimum absolute atomic E-state index is 0.122. The molecule has 2 aromatic heterocycles. The number of aliphatic hydroxyl groups excluding tert-OH is 1. The number of fused-ring (bicyclic) bond motifs is 1. The summed E-state index contributed by atoms with van der Waals surface area (Å²) in [7, 11) is 1.56. The van der Waals surface area contributed by atoms with Crippen molar-refractivity contribution in [2.24, 2.45) is 5.92 Å². The predicted molar refractivity (Wildman–Crippen MR) is 141 cm³/mol. The van der Waals surface area contributed by atoms with E-state index in [0.717, 1.165) is 53.8 Å². The van der Waals surface area contributed by atoms with Gasteiger partial charge in [0.2, 0.25) is 0 Å². The number of ether oxygens (including phenoxy) is 1. The molecule has 7 heteroatoms. The molecule has 2 N–H and O–H groups in total. The van der Waals surface area contributed by atoms with Gasteiger partial charge in [-0.25, -0.2) is 9.37 Å². The van der Waals surface area contributed by atoms with Crippen LogP contribution in [0.5, 0.6) is 5.75 Å². The zero-order valence-electron chi connectivity index (χ0n) is 20.4. The number of halogens is 2. The fourth-order valence-electron chi connectivity index (χ4n) is 5.17. The first-order valence-electron chi connectivity index (χ1n) is 12.5. The first kappa shape index (κ1) is 24.8. The third-order valence-corrected chi connectivity index (χ3v) is 7.52. The first-order chi connectivity index (χ1) is 17.5. The Hall–Kier alpha value is -2.93. The van der Waals surface area contributed by atoms with Gasteiger partial charge in [0.25, 0.3) is 0 Å². The Bertz CT molecular complexity index is 1330. The van der Waals surface area contributed by atoms with Crippen LogP contribution in [0.1, 0.15) is 42.4 Å². The highest BCUT2D eigenvalue weighted by Gasteiger charge is 2.21. The van der Waals surface area contributed by atoms with E-state index in [9.17, 15) is 9.50 Å². The summed E-state index contributed by atoms with van der Waals surface area (Å²) in [6, 6.07) is 15.1. The molecule has 1 aliphatic rings. The molecule has 0 unspecified atom stereocenters. The smallest absolute Gasteiger partial charge is 0.137 e. The van der Waals surface area contributed by atoms with Gasteiger partial charge in [-0.2, -0.15) is 0 Å². The van der Waals surface area contributed by atoms with Crippen molar-refractivity contribution in [1.82, 2.24) is 14.7 Å². The molecule has 5 nitrogen and oxygen atoms in total. The number of methoxy groups -OCH3 is 1. The van der Waals surface area contributed by atoms with Crippen LogP contribution in [-0.2, 0) is 19.6 Å². The third kappa shape index (κ3) is 5.56. The molecule has 2 heterocycles. The molecular formula is C29H31ClFN3O2. The first-order valence-corrected chi connectivity index (χ1v) is 12.8. The van der Waals surface area contributed by atoms with Crippen LogP contribution in [0.2, 0.25) is 5.02 Å². The van der Waals surface area contributed by atoms with Crippen LogP contribution in [-0.4, -0.2) is 27.6 Å². The Morgan fingerprint density at radius 2 is 1.86 bits per heavy atom. The Morgan fingerprint density at radius 1 is 1.08 bits per heavy atom. The summed E-state index contributed by atoms with van der Waals surface area (Å²) in [4.78, 5) is 4.83. The summed E-state index contributed by atoms with van der Waals surface area (Å²) >= 11 is 6.35. The van der Waals surface area contributed by atoms with Crippen molar-refractivity contribution in [1.29, 1.82) is 0 Å². The molecule has 4 aromatic rings. The average Bonchev–Trinajstić information content (AvgIpc) is 3.32. The summed E-state index contributed by atoms with van der Waals surface area (Å²) in [5.74, 6) is 1.01. The van der Waals surface area contributed by atoms with Crippen molar-refractivity contribution in [2.75, 3.05) is 7.11 Å². The number of nitrogens with zero attached hydrogens (tertiary/aromatic N) is 2. The van der Waals surface area contributed by atoms with Gasteiger partial charge in [0.15, 0.2) is 0 Å². The van der Waals surface area contributed by atoms with Crippen LogP contribution in [0, 0.1) is 11.7 Å². The van der Waals surface area contributed by atoms with E-state index in [2.05, 4.69) is 23.6 Å². The van der Waals surface area contributed by atoms with E-state index in [4.69, 9.17) is 21.3 Å². The van der Waals surface area contributed by atoms with Gasteiger partial charge in [-0.3, -0.25) is 0 Å². The lowest BCUT2D eigenvalue weighted by molar-refractivity contribution is 0.281. The lowest BCUT2D eigenvalue weighted by Gasteiger charge is -2.29. The molecule has 5 rings (SSSR count). The van der Waals surface area contributed by atoms with Crippen molar-refractivity contribution >= 4 is 17.2 Å². The molecule has 0 aliphatic heterocycles. The third-order valence-electron chi connectivity index (χ3n) is 7.23. The number of hydrogen-bond donors (Lipinski definition) is 2. The quantitative estimate of drug-likeness (QED) is 0.299. The van der Waals surface area contributed by atoms with E-state index in [1.807, 2.05) is 22.7 Å². The molecule has 1 aliphatic carbocycles. The van der Waals surface area contributed by atoms with E-state index < -0.39 is 0 Å². The number of benzene rings is 2. The molecule has 0 saturated heterocycles. The van der Waals surface area contributed by atoms with Crippen molar-refractivity contribution < 1.29 is 14.2 Å². The number of rotatable bonds is 8. The standard InChI is InChI=1S/C29H31ClFN3O2/c1-36-28-14-22(18-35)25(15-26(28)30)27-17-34-11-10-21(13-29(34)33-27)12-19-4-8-24(9-5-19)32-16-20-2-6-23(31)7-3-20/h2-3,6-7,10-11,13-15,17,19,24,32,35H,4-5,8-9,12,16,18H2,1H3. The van der Waals surface area contributed by atoms with E-state index in [-0.39, 0.29) is 12.4 Å². The molecule has 0 radical (unpaired) electrons. The zero-order valence-corrected chi connectivity index (χ0v) is 21.1.